The molecule has 1 aliphatic carbocycles. The van der Waals surface area contributed by atoms with Crippen molar-refractivity contribution in [2.24, 2.45) is 11.8 Å². The fraction of sp³-hybridized carbons (Fsp3) is 1.00. The van der Waals surface area contributed by atoms with Gasteiger partial charge in [0.2, 0.25) is 0 Å². The van der Waals surface area contributed by atoms with Gasteiger partial charge in [-0.15, -0.1) is 0 Å². The van der Waals surface area contributed by atoms with Crippen LogP contribution in [0.15, 0.2) is 0 Å². The zero-order chi connectivity index (χ0) is 10.9. The minimum atomic E-state index is 0.871. The molecule has 0 aromatic carbocycles. The van der Waals surface area contributed by atoms with Crippen LogP contribution in [0.25, 0.3) is 0 Å². The molecule has 1 saturated carbocycles. The average Bonchev–Trinajstić information content (AvgIpc) is 2.23. The van der Waals surface area contributed by atoms with Crippen molar-refractivity contribution in [2.75, 3.05) is 26.3 Å². The Kier molecular flexibility index (Phi) is 7.03. The minimum absolute atomic E-state index is 0.871. The normalized spacial score (nSPS) is 26.8. The van der Waals surface area contributed by atoms with Gasteiger partial charge in [0, 0.05) is 13.2 Å². The molecule has 0 aromatic rings. The van der Waals surface area contributed by atoms with Crippen LogP contribution in [-0.4, -0.2) is 26.3 Å². The van der Waals surface area contributed by atoms with Gasteiger partial charge in [-0.05, 0) is 37.6 Å². The molecule has 0 saturated heterocycles. The lowest BCUT2D eigenvalue weighted by molar-refractivity contribution is 0.134. The lowest BCUT2D eigenvalue weighted by Crippen LogP contribution is -2.29. The monoisotopic (exact) mass is 213 g/mol. The summed E-state index contributed by atoms with van der Waals surface area (Å²) in [4.78, 5) is 0. The van der Waals surface area contributed by atoms with Crippen molar-refractivity contribution in [1.82, 2.24) is 5.32 Å². The van der Waals surface area contributed by atoms with E-state index in [2.05, 4.69) is 19.2 Å². The highest BCUT2D eigenvalue weighted by Gasteiger charge is 2.17. The second-order valence-corrected chi connectivity index (χ2v) is 4.95. The van der Waals surface area contributed by atoms with Gasteiger partial charge >= 0.3 is 0 Å². The Labute approximate surface area is 94.8 Å². The van der Waals surface area contributed by atoms with Crippen LogP contribution >= 0.6 is 0 Å². The molecule has 2 unspecified atom stereocenters. The van der Waals surface area contributed by atoms with E-state index in [1.165, 1.54) is 32.2 Å². The summed E-state index contributed by atoms with van der Waals surface area (Å²) in [5.41, 5.74) is 0. The standard InChI is InChI=1S/C13H27NO/c1-3-8-15-9-7-14-11-13-6-4-5-12(2)10-13/h12-14H,3-11H2,1-2H3. The van der Waals surface area contributed by atoms with Crippen molar-refractivity contribution in [3.63, 3.8) is 0 Å². The third-order valence-corrected chi connectivity index (χ3v) is 3.25. The first kappa shape index (κ1) is 13.0. The van der Waals surface area contributed by atoms with Gasteiger partial charge in [-0.3, -0.25) is 0 Å². The van der Waals surface area contributed by atoms with E-state index in [1.54, 1.807) is 0 Å². The highest BCUT2D eigenvalue weighted by molar-refractivity contribution is 4.72. The molecule has 0 bridgehead atoms. The lowest BCUT2D eigenvalue weighted by Gasteiger charge is -2.26. The van der Waals surface area contributed by atoms with Gasteiger partial charge in [-0.2, -0.15) is 0 Å². The van der Waals surface area contributed by atoms with Crippen molar-refractivity contribution >= 4 is 0 Å². The maximum atomic E-state index is 5.43. The highest BCUT2D eigenvalue weighted by Crippen LogP contribution is 2.27. The van der Waals surface area contributed by atoms with Gasteiger partial charge in [0.1, 0.15) is 0 Å². The van der Waals surface area contributed by atoms with E-state index in [4.69, 9.17) is 4.74 Å². The Morgan fingerprint density at radius 2 is 2.13 bits per heavy atom. The van der Waals surface area contributed by atoms with Crippen molar-refractivity contribution in [2.45, 2.75) is 46.0 Å². The molecule has 1 fully saturated rings. The van der Waals surface area contributed by atoms with E-state index in [1.807, 2.05) is 0 Å². The molecule has 0 amide bonds. The van der Waals surface area contributed by atoms with E-state index in [0.29, 0.717) is 0 Å². The third-order valence-electron chi connectivity index (χ3n) is 3.25. The van der Waals surface area contributed by atoms with Crippen molar-refractivity contribution in [1.29, 1.82) is 0 Å². The molecule has 2 nitrogen and oxygen atoms in total. The number of hydrogen-bond acceptors (Lipinski definition) is 2. The highest BCUT2D eigenvalue weighted by atomic mass is 16.5. The van der Waals surface area contributed by atoms with Crippen LogP contribution in [0.4, 0.5) is 0 Å². The molecule has 1 aliphatic rings. The van der Waals surface area contributed by atoms with Gasteiger partial charge in [-0.1, -0.05) is 26.7 Å². The number of rotatable bonds is 7. The molecule has 0 spiro atoms. The molecular formula is C13H27NO. The number of ether oxygens (including phenoxy) is 1. The second-order valence-electron chi connectivity index (χ2n) is 4.95. The first-order valence-corrected chi connectivity index (χ1v) is 6.61. The lowest BCUT2D eigenvalue weighted by atomic mass is 9.82. The maximum absolute atomic E-state index is 5.43. The maximum Gasteiger partial charge on any atom is 0.0590 e. The Balaban J connectivity index is 1.90. The molecule has 90 valence electrons. The summed E-state index contributed by atoms with van der Waals surface area (Å²) in [5, 5.41) is 3.51. The van der Waals surface area contributed by atoms with Crippen LogP contribution in [0.1, 0.15) is 46.0 Å². The molecule has 0 aromatic heterocycles. The number of nitrogens with one attached hydrogen (secondary N) is 1. The van der Waals surface area contributed by atoms with Crippen LogP contribution in [0.3, 0.4) is 0 Å². The zero-order valence-corrected chi connectivity index (χ0v) is 10.4. The largest absolute Gasteiger partial charge is 0.380 e. The topological polar surface area (TPSA) is 21.3 Å². The SMILES string of the molecule is CCCOCCNCC1CCCC(C)C1. The van der Waals surface area contributed by atoms with Gasteiger partial charge in [0.25, 0.3) is 0 Å². The Morgan fingerprint density at radius 1 is 1.27 bits per heavy atom. The molecule has 2 heteroatoms. The molecule has 2 atom stereocenters. The summed E-state index contributed by atoms with van der Waals surface area (Å²) in [7, 11) is 0. The fourth-order valence-electron chi connectivity index (χ4n) is 2.44. The van der Waals surface area contributed by atoms with Gasteiger partial charge in [0.05, 0.1) is 6.61 Å². The quantitative estimate of drug-likeness (QED) is 0.657. The fourth-order valence-corrected chi connectivity index (χ4v) is 2.44. The Bertz CT molecular complexity index is 149. The number of hydrogen-bond donors (Lipinski definition) is 1. The van der Waals surface area contributed by atoms with E-state index in [0.717, 1.165) is 38.0 Å². The van der Waals surface area contributed by atoms with Crippen LogP contribution in [0, 0.1) is 11.8 Å². The van der Waals surface area contributed by atoms with Gasteiger partial charge < -0.3 is 10.1 Å². The minimum Gasteiger partial charge on any atom is -0.380 e. The summed E-state index contributed by atoms with van der Waals surface area (Å²) in [6, 6.07) is 0. The summed E-state index contributed by atoms with van der Waals surface area (Å²) in [5.74, 6) is 1.86. The predicted molar refractivity (Wildman–Crippen MR) is 65.1 cm³/mol. The first-order valence-electron chi connectivity index (χ1n) is 6.61. The third kappa shape index (κ3) is 6.16. The predicted octanol–water partition coefficient (Wildman–Crippen LogP) is 2.83. The van der Waals surface area contributed by atoms with E-state index in [9.17, 15) is 0 Å². The summed E-state index contributed by atoms with van der Waals surface area (Å²) < 4.78 is 5.43. The van der Waals surface area contributed by atoms with Crippen LogP contribution in [-0.2, 0) is 4.74 Å². The molecule has 1 rings (SSSR count). The zero-order valence-electron chi connectivity index (χ0n) is 10.4. The summed E-state index contributed by atoms with van der Waals surface area (Å²) in [6.07, 6.45) is 6.84. The smallest absolute Gasteiger partial charge is 0.0590 e. The van der Waals surface area contributed by atoms with E-state index >= 15 is 0 Å². The molecular weight excluding hydrogens is 186 g/mol. The van der Waals surface area contributed by atoms with Crippen molar-refractivity contribution in [3.8, 4) is 0 Å². The van der Waals surface area contributed by atoms with Crippen LogP contribution < -0.4 is 5.32 Å². The van der Waals surface area contributed by atoms with E-state index < -0.39 is 0 Å². The second kappa shape index (κ2) is 8.12. The van der Waals surface area contributed by atoms with Gasteiger partial charge in [0.15, 0.2) is 0 Å². The molecule has 15 heavy (non-hydrogen) atoms. The summed E-state index contributed by atoms with van der Waals surface area (Å²) >= 11 is 0. The van der Waals surface area contributed by atoms with Crippen molar-refractivity contribution < 1.29 is 4.74 Å². The molecule has 1 N–H and O–H groups in total. The van der Waals surface area contributed by atoms with Crippen LogP contribution in [0.5, 0.6) is 0 Å². The molecule has 0 radical (unpaired) electrons. The van der Waals surface area contributed by atoms with E-state index in [-0.39, 0.29) is 0 Å². The summed E-state index contributed by atoms with van der Waals surface area (Å²) in [6.45, 7) is 8.52. The first-order chi connectivity index (χ1) is 7.33. The van der Waals surface area contributed by atoms with Crippen molar-refractivity contribution in [3.05, 3.63) is 0 Å². The molecule has 0 aliphatic heterocycles. The van der Waals surface area contributed by atoms with Crippen LogP contribution in [0.2, 0.25) is 0 Å². The molecule has 0 heterocycles. The average molecular weight is 213 g/mol. The van der Waals surface area contributed by atoms with Gasteiger partial charge in [-0.25, -0.2) is 0 Å². The Hall–Kier alpha value is -0.0800. The Morgan fingerprint density at radius 3 is 2.87 bits per heavy atom.